The van der Waals surface area contributed by atoms with Gasteiger partial charge < -0.3 is 15.0 Å². The number of benzene rings is 2. The van der Waals surface area contributed by atoms with Crippen LogP contribution in [0.25, 0.3) is 11.3 Å². The van der Waals surface area contributed by atoms with Crippen molar-refractivity contribution in [1.82, 2.24) is 4.98 Å². The average Bonchev–Trinajstić information content (AvgIpc) is 3.39. The first-order valence-electron chi connectivity index (χ1n) is 9.77. The van der Waals surface area contributed by atoms with Crippen molar-refractivity contribution in [2.24, 2.45) is 5.92 Å². The van der Waals surface area contributed by atoms with Crippen LogP contribution < -0.4 is 10.2 Å². The van der Waals surface area contributed by atoms with Gasteiger partial charge in [-0.2, -0.15) is 0 Å². The van der Waals surface area contributed by atoms with E-state index in [1.807, 2.05) is 36.6 Å². The number of nitrogens with one attached hydrogen (secondary N) is 1. The molecule has 2 heterocycles. The fourth-order valence-electron chi connectivity index (χ4n) is 3.57. The van der Waals surface area contributed by atoms with E-state index in [4.69, 9.17) is 4.74 Å². The van der Waals surface area contributed by atoms with Gasteiger partial charge >= 0.3 is 5.97 Å². The predicted molar refractivity (Wildman–Crippen MR) is 119 cm³/mol. The molecule has 1 aliphatic heterocycles. The molecule has 2 aromatic carbocycles. The molecule has 4 rings (SSSR count). The van der Waals surface area contributed by atoms with E-state index in [0.29, 0.717) is 16.9 Å². The molecule has 1 saturated heterocycles. The molecule has 0 radical (unpaired) electrons. The minimum Gasteiger partial charge on any atom is -0.465 e. The standard InChI is InChI=1S/C23H21N3O4S/c1-14-24-19(13-31-14)15-7-9-17(10-8-15)25-22(28)16-11-21(27)26(12-16)20-6-4-3-5-18(20)23(29)30-2/h3-10,13,16H,11-12H2,1-2H3,(H,25,28). The lowest BCUT2D eigenvalue weighted by atomic mass is 10.1. The number of ether oxygens (including phenoxy) is 1. The van der Waals surface area contributed by atoms with Crippen molar-refractivity contribution in [1.29, 1.82) is 0 Å². The molecule has 31 heavy (non-hydrogen) atoms. The number of methoxy groups -OCH3 is 1. The number of thiazole rings is 1. The van der Waals surface area contributed by atoms with Crippen LogP contribution in [0.15, 0.2) is 53.9 Å². The number of carbonyl (C=O) groups excluding carboxylic acids is 3. The Hall–Kier alpha value is -3.52. The molecule has 1 aliphatic rings. The molecule has 0 saturated carbocycles. The minimum atomic E-state index is -0.522. The Bertz CT molecular complexity index is 1140. The summed E-state index contributed by atoms with van der Waals surface area (Å²) in [5.41, 5.74) is 3.29. The Morgan fingerprint density at radius 3 is 2.58 bits per heavy atom. The number of anilines is 2. The van der Waals surface area contributed by atoms with E-state index in [1.165, 1.54) is 12.0 Å². The highest BCUT2D eigenvalue weighted by Crippen LogP contribution is 2.30. The molecule has 1 N–H and O–H groups in total. The molecule has 158 valence electrons. The smallest absolute Gasteiger partial charge is 0.339 e. The highest BCUT2D eigenvalue weighted by molar-refractivity contribution is 7.09. The van der Waals surface area contributed by atoms with Gasteiger partial charge in [-0.15, -0.1) is 11.3 Å². The Kier molecular flexibility index (Phi) is 5.81. The molecular weight excluding hydrogens is 414 g/mol. The Labute approximate surface area is 183 Å². The summed E-state index contributed by atoms with van der Waals surface area (Å²) in [7, 11) is 1.29. The Morgan fingerprint density at radius 2 is 1.90 bits per heavy atom. The van der Waals surface area contributed by atoms with Crippen molar-refractivity contribution in [3.05, 3.63) is 64.5 Å². The van der Waals surface area contributed by atoms with Crippen molar-refractivity contribution in [2.75, 3.05) is 23.9 Å². The van der Waals surface area contributed by atoms with Crippen LogP contribution in [0.3, 0.4) is 0 Å². The molecule has 0 aliphatic carbocycles. The van der Waals surface area contributed by atoms with Crippen LogP contribution in [0.5, 0.6) is 0 Å². The molecule has 1 aromatic heterocycles. The van der Waals surface area contributed by atoms with E-state index in [0.717, 1.165) is 16.3 Å². The summed E-state index contributed by atoms with van der Waals surface area (Å²) in [5, 5.41) is 5.87. The molecule has 1 fully saturated rings. The van der Waals surface area contributed by atoms with E-state index in [9.17, 15) is 14.4 Å². The summed E-state index contributed by atoms with van der Waals surface area (Å²) in [6, 6.07) is 14.2. The average molecular weight is 436 g/mol. The normalized spacial score (nSPS) is 15.7. The van der Waals surface area contributed by atoms with Crippen LogP contribution in [0.2, 0.25) is 0 Å². The van der Waals surface area contributed by atoms with E-state index < -0.39 is 11.9 Å². The van der Waals surface area contributed by atoms with Gasteiger partial charge in [-0.25, -0.2) is 9.78 Å². The SMILES string of the molecule is COC(=O)c1ccccc1N1CC(C(=O)Nc2ccc(-c3csc(C)n3)cc2)CC1=O. The zero-order valence-corrected chi connectivity index (χ0v) is 17.9. The van der Waals surface area contributed by atoms with Crippen LogP contribution in [0.4, 0.5) is 11.4 Å². The molecule has 0 spiro atoms. The number of esters is 1. The molecule has 0 bridgehead atoms. The molecule has 1 unspecified atom stereocenters. The van der Waals surface area contributed by atoms with Crippen LogP contribution in [0, 0.1) is 12.8 Å². The van der Waals surface area contributed by atoms with Gasteiger partial charge in [0.05, 0.1) is 35.0 Å². The first-order valence-corrected chi connectivity index (χ1v) is 10.7. The molecule has 1 atom stereocenters. The number of para-hydroxylation sites is 1. The quantitative estimate of drug-likeness (QED) is 0.614. The van der Waals surface area contributed by atoms with Gasteiger partial charge in [0.25, 0.3) is 0 Å². The number of carbonyl (C=O) groups is 3. The summed E-state index contributed by atoms with van der Waals surface area (Å²) in [5.74, 6) is -1.47. The monoisotopic (exact) mass is 435 g/mol. The first-order chi connectivity index (χ1) is 15.0. The summed E-state index contributed by atoms with van der Waals surface area (Å²) in [4.78, 5) is 43.4. The lowest BCUT2D eigenvalue weighted by molar-refractivity contribution is -0.122. The van der Waals surface area contributed by atoms with E-state index >= 15 is 0 Å². The topological polar surface area (TPSA) is 88.6 Å². The van der Waals surface area contributed by atoms with Gasteiger partial charge in [0.15, 0.2) is 0 Å². The summed E-state index contributed by atoms with van der Waals surface area (Å²) in [6.07, 6.45) is 0.0809. The fraction of sp³-hybridized carbons (Fsp3) is 0.217. The maximum absolute atomic E-state index is 12.8. The second kappa shape index (κ2) is 8.69. The molecule has 3 aromatic rings. The number of hydrogen-bond acceptors (Lipinski definition) is 6. The number of aryl methyl sites for hydroxylation is 1. The number of aromatic nitrogens is 1. The van der Waals surface area contributed by atoms with Crippen LogP contribution >= 0.6 is 11.3 Å². The van der Waals surface area contributed by atoms with Crippen molar-refractivity contribution >= 4 is 40.5 Å². The highest BCUT2D eigenvalue weighted by atomic mass is 32.1. The van der Waals surface area contributed by atoms with E-state index in [1.54, 1.807) is 35.6 Å². The Morgan fingerprint density at radius 1 is 1.16 bits per heavy atom. The van der Waals surface area contributed by atoms with E-state index in [2.05, 4.69) is 10.3 Å². The summed E-state index contributed by atoms with van der Waals surface area (Å²) in [6.45, 7) is 2.16. The molecule has 2 amide bonds. The van der Waals surface area contributed by atoms with Gasteiger partial charge in [0.1, 0.15) is 0 Å². The van der Waals surface area contributed by atoms with Gasteiger partial charge in [0.2, 0.25) is 11.8 Å². The largest absolute Gasteiger partial charge is 0.465 e. The number of nitrogens with zero attached hydrogens (tertiary/aromatic N) is 2. The number of amides is 2. The van der Waals surface area contributed by atoms with Crippen LogP contribution in [-0.2, 0) is 14.3 Å². The van der Waals surface area contributed by atoms with Crippen molar-refractivity contribution < 1.29 is 19.1 Å². The molecular formula is C23H21N3O4S. The highest BCUT2D eigenvalue weighted by Gasteiger charge is 2.36. The van der Waals surface area contributed by atoms with E-state index in [-0.39, 0.29) is 24.8 Å². The lowest BCUT2D eigenvalue weighted by Crippen LogP contribution is -2.29. The van der Waals surface area contributed by atoms with Crippen molar-refractivity contribution in [3.8, 4) is 11.3 Å². The second-order valence-corrected chi connectivity index (χ2v) is 8.29. The zero-order valence-electron chi connectivity index (χ0n) is 17.1. The minimum absolute atomic E-state index is 0.0809. The first kappa shape index (κ1) is 20.7. The summed E-state index contributed by atoms with van der Waals surface area (Å²) < 4.78 is 4.81. The van der Waals surface area contributed by atoms with Crippen molar-refractivity contribution in [3.63, 3.8) is 0 Å². The number of hydrogen-bond donors (Lipinski definition) is 1. The van der Waals surface area contributed by atoms with Crippen molar-refractivity contribution in [2.45, 2.75) is 13.3 Å². The third kappa shape index (κ3) is 4.34. The van der Waals surface area contributed by atoms with Gasteiger partial charge in [-0.1, -0.05) is 24.3 Å². The lowest BCUT2D eigenvalue weighted by Gasteiger charge is -2.19. The number of rotatable bonds is 5. The molecule has 8 heteroatoms. The van der Waals surface area contributed by atoms with Crippen LogP contribution in [-0.4, -0.2) is 36.4 Å². The summed E-state index contributed by atoms with van der Waals surface area (Å²) >= 11 is 1.59. The van der Waals surface area contributed by atoms with Crippen LogP contribution in [0.1, 0.15) is 21.8 Å². The zero-order chi connectivity index (χ0) is 22.0. The third-order valence-electron chi connectivity index (χ3n) is 5.16. The molecule has 7 nitrogen and oxygen atoms in total. The van der Waals surface area contributed by atoms with Gasteiger partial charge in [-0.3, -0.25) is 9.59 Å². The predicted octanol–water partition coefficient (Wildman–Crippen LogP) is 3.90. The fourth-order valence-corrected chi connectivity index (χ4v) is 4.19. The Balaban J connectivity index is 1.45. The maximum atomic E-state index is 12.8. The van der Waals surface area contributed by atoms with Gasteiger partial charge in [-0.05, 0) is 31.2 Å². The second-order valence-electron chi connectivity index (χ2n) is 7.23. The maximum Gasteiger partial charge on any atom is 0.339 e. The third-order valence-corrected chi connectivity index (χ3v) is 5.94. The van der Waals surface area contributed by atoms with Gasteiger partial charge in [0, 0.05) is 29.6 Å².